The number of hydrogen-bond acceptors (Lipinski definition) is 3. The minimum atomic E-state index is -0.413. The van der Waals surface area contributed by atoms with Crippen molar-refractivity contribution >= 4 is 17.7 Å². The zero-order valence-corrected chi connectivity index (χ0v) is 8.34. The number of amides is 1. The molecule has 1 N–H and O–H groups in total. The van der Waals surface area contributed by atoms with Gasteiger partial charge in [0.25, 0.3) is 0 Å². The summed E-state index contributed by atoms with van der Waals surface area (Å²) in [4.78, 5) is 11.1. The van der Waals surface area contributed by atoms with Crippen LogP contribution in [-0.4, -0.2) is 37.3 Å². The van der Waals surface area contributed by atoms with Gasteiger partial charge in [-0.3, -0.25) is 0 Å². The highest BCUT2D eigenvalue weighted by Crippen LogP contribution is 2.04. The van der Waals surface area contributed by atoms with E-state index in [1.165, 1.54) is 0 Å². The molecule has 1 amide bonds. The van der Waals surface area contributed by atoms with Crippen LogP contribution in [0.25, 0.3) is 0 Å². The van der Waals surface area contributed by atoms with Gasteiger partial charge in [0.15, 0.2) is 0 Å². The molecule has 0 spiro atoms. The molecule has 4 nitrogen and oxygen atoms in total. The third-order valence-corrected chi connectivity index (χ3v) is 2.21. The maximum absolute atomic E-state index is 11.1. The second-order valence-corrected chi connectivity index (χ2v) is 3.38. The second-order valence-electron chi connectivity index (χ2n) is 3.08. The molecule has 2 atom stereocenters. The number of nitrogens with one attached hydrogen (secondary N) is 1. The molecule has 2 unspecified atom stereocenters. The SMILES string of the molecule is CC(CCl)OC(=O)NC1CCOC1. The number of alkyl halides is 1. The Bertz CT molecular complexity index is 171. The van der Waals surface area contributed by atoms with E-state index in [1.807, 2.05) is 0 Å². The van der Waals surface area contributed by atoms with Crippen molar-refractivity contribution < 1.29 is 14.3 Å². The lowest BCUT2D eigenvalue weighted by atomic mass is 10.3. The number of halogens is 1. The summed E-state index contributed by atoms with van der Waals surface area (Å²) in [5.74, 6) is 0.314. The number of carbonyl (C=O) groups excluding carboxylic acids is 1. The molecule has 76 valence electrons. The maximum atomic E-state index is 11.1. The smallest absolute Gasteiger partial charge is 0.407 e. The zero-order valence-electron chi connectivity index (χ0n) is 7.59. The number of rotatable bonds is 3. The first-order valence-electron chi connectivity index (χ1n) is 4.33. The van der Waals surface area contributed by atoms with E-state index in [2.05, 4.69) is 5.32 Å². The summed E-state index contributed by atoms with van der Waals surface area (Å²) in [6.07, 6.45) is 0.192. The van der Waals surface area contributed by atoms with Crippen molar-refractivity contribution in [1.29, 1.82) is 0 Å². The molecular formula is C8H14ClNO3. The van der Waals surface area contributed by atoms with E-state index in [1.54, 1.807) is 6.92 Å². The first-order valence-corrected chi connectivity index (χ1v) is 4.86. The second kappa shape index (κ2) is 5.29. The van der Waals surface area contributed by atoms with Gasteiger partial charge in [0.2, 0.25) is 0 Å². The topological polar surface area (TPSA) is 47.6 Å². The fourth-order valence-corrected chi connectivity index (χ4v) is 1.13. The number of alkyl carbamates (subject to hydrolysis) is 1. The first kappa shape index (κ1) is 10.6. The third-order valence-electron chi connectivity index (χ3n) is 1.78. The van der Waals surface area contributed by atoms with Crippen LogP contribution in [0.2, 0.25) is 0 Å². The van der Waals surface area contributed by atoms with Crippen molar-refractivity contribution in [3.63, 3.8) is 0 Å². The zero-order chi connectivity index (χ0) is 9.68. The van der Waals surface area contributed by atoms with Crippen LogP contribution in [0.4, 0.5) is 4.79 Å². The van der Waals surface area contributed by atoms with Gasteiger partial charge in [0, 0.05) is 6.61 Å². The predicted octanol–water partition coefficient (Wildman–Crippen LogP) is 1.13. The minimum absolute atomic E-state index is 0.0926. The molecule has 0 radical (unpaired) electrons. The summed E-state index contributed by atoms with van der Waals surface area (Å²) in [6, 6.07) is 0.0926. The van der Waals surface area contributed by atoms with Gasteiger partial charge in [0.05, 0.1) is 18.5 Å². The van der Waals surface area contributed by atoms with E-state index in [-0.39, 0.29) is 12.1 Å². The molecule has 0 saturated carbocycles. The van der Waals surface area contributed by atoms with Gasteiger partial charge in [-0.25, -0.2) is 4.79 Å². The standard InChI is InChI=1S/C8H14ClNO3/c1-6(4-9)13-8(11)10-7-2-3-12-5-7/h6-7H,2-5H2,1H3,(H,10,11). The van der Waals surface area contributed by atoms with Crippen molar-refractivity contribution in [3.05, 3.63) is 0 Å². The van der Waals surface area contributed by atoms with E-state index >= 15 is 0 Å². The normalized spacial score (nSPS) is 24.0. The molecule has 1 rings (SSSR count). The van der Waals surface area contributed by atoms with Gasteiger partial charge in [0.1, 0.15) is 6.10 Å². The van der Waals surface area contributed by atoms with Crippen molar-refractivity contribution in [1.82, 2.24) is 5.32 Å². The van der Waals surface area contributed by atoms with E-state index in [4.69, 9.17) is 21.1 Å². The summed E-state index contributed by atoms with van der Waals surface area (Å²) in [7, 11) is 0. The monoisotopic (exact) mass is 207 g/mol. The van der Waals surface area contributed by atoms with Crippen LogP contribution >= 0.6 is 11.6 Å². The Morgan fingerprint density at radius 1 is 1.85 bits per heavy atom. The van der Waals surface area contributed by atoms with E-state index in [0.717, 1.165) is 6.42 Å². The fourth-order valence-electron chi connectivity index (χ4n) is 1.06. The van der Waals surface area contributed by atoms with Crippen molar-refractivity contribution in [2.45, 2.75) is 25.5 Å². The van der Waals surface area contributed by atoms with Gasteiger partial charge in [-0.2, -0.15) is 0 Å². The van der Waals surface area contributed by atoms with E-state index < -0.39 is 6.09 Å². The molecule has 5 heteroatoms. The van der Waals surface area contributed by atoms with Gasteiger partial charge in [-0.05, 0) is 13.3 Å². The lowest BCUT2D eigenvalue weighted by molar-refractivity contribution is 0.111. The Hall–Kier alpha value is -0.480. The molecule has 0 aromatic rings. The fraction of sp³-hybridized carbons (Fsp3) is 0.875. The summed E-state index contributed by atoms with van der Waals surface area (Å²) in [6.45, 7) is 3.03. The predicted molar refractivity (Wildman–Crippen MR) is 49.0 cm³/mol. The van der Waals surface area contributed by atoms with Crippen LogP contribution in [0, 0.1) is 0 Å². The van der Waals surface area contributed by atoms with Crippen molar-refractivity contribution in [3.8, 4) is 0 Å². The molecule has 13 heavy (non-hydrogen) atoms. The van der Waals surface area contributed by atoms with Crippen LogP contribution in [0.5, 0.6) is 0 Å². The lowest BCUT2D eigenvalue weighted by Crippen LogP contribution is -2.37. The molecule has 0 bridgehead atoms. The van der Waals surface area contributed by atoms with Crippen LogP contribution in [0.1, 0.15) is 13.3 Å². The highest BCUT2D eigenvalue weighted by Gasteiger charge is 2.19. The van der Waals surface area contributed by atoms with Gasteiger partial charge < -0.3 is 14.8 Å². The Labute approximate surface area is 82.5 Å². The molecule has 1 saturated heterocycles. The molecular weight excluding hydrogens is 194 g/mol. The molecule has 1 aliphatic heterocycles. The highest BCUT2D eigenvalue weighted by molar-refractivity contribution is 6.18. The Morgan fingerprint density at radius 2 is 2.62 bits per heavy atom. The highest BCUT2D eigenvalue weighted by atomic mass is 35.5. The number of hydrogen-bond donors (Lipinski definition) is 1. The quantitative estimate of drug-likeness (QED) is 0.706. The largest absolute Gasteiger partial charge is 0.445 e. The average Bonchev–Trinajstić information content (AvgIpc) is 2.56. The molecule has 0 aromatic carbocycles. The molecule has 0 aromatic heterocycles. The van der Waals surface area contributed by atoms with E-state index in [0.29, 0.717) is 19.1 Å². The Kier molecular flexibility index (Phi) is 4.32. The van der Waals surface area contributed by atoms with Crippen LogP contribution in [0.15, 0.2) is 0 Å². The molecule has 0 aliphatic carbocycles. The first-order chi connectivity index (χ1) is 6.22. The summed E-state index contributed by atoms with van der Waals surface area (Å²) in [5.41, 5.74) is 0. The molecule has 1 fully saturated rings. The molecule has 1 aliphatic rings. The van der Waals surface area contributed by atoms with Crippen LogP contribution in [-0.2, 0) is 9.47 Å². The number of ether oxygens (including phenoxy) is 2. The maximum Gasteiger partial charge on any atom is 0.407 e. The average molecular weight is 208 g/mol. The van der Waals surface area contributed by atoms with Crippen LogP contribution in [0.3, 0.4) is 0 Å². The lowest BCUT2D eigenvalue weighted by Gasteiger charge is -2.13. The van der Waals surface area contributed by atoms with E-state index in [9.17, 15) is 4.79 Å². The Balaban J connectivity index is 2.16. The third kappa shape index (κ3) is 3.83. The summed E-state index contributed by atoms with van der Waals surface area (Å²) < 4.78 is 10.0. The number of carbonyl (C=O) groups is 1. The van der Waals surface area contributed by atoms with Crippen LogP contribution < -0.4 is 5.32 Å². The van der Waals surface area contributed by atoms with Gasteiger partial charge >= 0.3 is 6.09 Å². The van der Waals surface area contributed by atoms with Gasteiger partial charge in [-0.15, -0.1) is 11.6 Å². The Morgan fingerprint density at radius 3 is 3.15 bits per heavy atom. The van der Waals surface area contributed by atoms with Crippen molar-refractivity contribution in [2.75, 3.05) is 19.1 Å². The minimum Gasteiger partial charge on any atom is -0.445 e. The van der Waals surface area contributed by atoms with Crippen molar-refractivity contribution in [2.24, 2.45) is 0 Å². The summed E-state index contributed by atoms with van der Waals surface area (Å²) >= 11 is 5.48. The molecule has 1 heterocycles. The van der Waals surface area contributed by atoms with Gasteiger partial charge in [-0.1, -0.05) is 0 Å². The summed E-state index contributed by atoms with van der Waals surface area (Å²) in [5, 5.41) is 2.70.